The molecule has 0 heterocycles. The highest BCUT2D eigenvalue weighted by Crippen LogP contribution is 2.26. The standard InChI is InChI=1S/C11H17ClN2O3S/c1-8(5-6-15)7-14-18(16,17)11-9(12)3-2-4-10(11)13/h2-4,8,14-15H,5-7,13H2,1H3. The van der Waals surface area contributed by atoms with Crippen molar-refractivity contribution >= 4 is 27.3 Å². The zero-order valence-corrected chi connectivity index (χ0v) is 11.6. The number of nitrogens with two attached hydrogens (primary N) is 1. The Balaban J connectivity index is 2.87. The van der Waals surface area contributed by atoms with Crippen LogP contribution in [0.4, 0.5) is 5.69 Å². The molecule has 0 saturated heterocycles. The van der Waals surface area contributed by atoms with Crippen molar-refractivity contribution in [3.63, 3.8) is 0 Å². The Morgan fingerprint density at radius 1 is 1.50 bits per heavy atom. The lowest BCUT2D eigenvalue weighted by Gasteiger charge is -2.13. The SMILES string of the molecule is CC(CCO)CNS(=O)(=O)c1c(N)cccc1Cl. The summed E-state index contributed by atoms with van der Waals surface area (Å²) in [6.07, 6.45) is 0.528. The summed E-state index contributed by atoms with van der Waals surface area (Å²) in [6, 6.07) is 4.55. The minimum atomic E-state index is -3.72. The average molecular weight is 293 g/mol. The van der Waals surface area contributed by atoms with E-state index in [0.717, 1.165) is 0 Å². The Labute approximate surface area is 112 Å². The summed E-state index contributed by atoms with van der Waals surface area (Å²) in [4.78, 5) is -0.0946. The van der Waals surface area contributed by atoms with Crippen LogP contribution in [-0.4, -0.2) is 26.7 Å². The molecular weight excluding hydrogens is 276 g/mol. The molecule has 0 aliphatic rings. The number of hydrogen-bond donors (Lipinski definition) is 3. The molecule has 1 unspecified atom stereocenters. The number of benzene rings is 1. The van der Waals surface area contributed by atoms with Gasteiger partial charge in [-0.05, 0) is 24.5 Å². The number of aliphatic hydroxyl groups excluding tert-OH is 1. The maximum absolute atomic E-state index is 12.0. The second kappa shape index (κ2) is 6.38. The Kier molecular flexibility index (Phi) is 5.40. The first kappa shape index (κ1) is 15.2. The number of rotatable bonds is 6. The fraction of sp³-hybridized carbons (Fsp3) is 0.455. The van der Waals surface area contributed by atoms with Crippen molar-refractivity contribution in [1.29, 1.82) is 0 Å². The van der Waals surface area contributed by atoms with Gasteiger partial charge in [-0.25, -0.2) is 13.1 Å². The average Bonchev–Trinajstić information content (AvgIpc) is 2.26. The molecule has 1 aromatic rings. The first-order chi connectivity index (χ1) is 8.38. The van der Waals surface area contributed by atoms with Crippen molar-refractivity contribution in [1.82, 2.24) is 4.72 Å². The van der Waals surface area contributed by atoms with Crippen molar-refractivity contribution in [2.24, 2.45) is 5.92 Å². The summed E-state index contributed by atoms with van der Waals surface area (Å²) in [6.45, 7) is 2.10. The maximum atomic E-state index is 12.0. The van der Waals surface area contributed by atoms with Crippen molar-refractivity contribution in [3.8, 4) is 0 Å². The van der Waals surface area contributed by atoms with Crippen LogP contribution >= 0.6 is 11.6 Å². The number of anilines is 1. The van der Waals surface area contributed by atoms with Crippen LogP contribution in [0.2, 0.25) is 5.02 Å². The van der Waals surface area contributed by atoms with E-state index >= 15 is 0 Å². The molecule has 0 bridgehead atoms. The molecule has 0 spiro atoms. The number of nitrogen functional groups attached to an aromatic ring is 1. The minimum Gasteiger partial charge on any atom is -0.398 e. The molecule has 0 fully saturated rings. The third-order valence-corrected chi connectivity index (χ3v) is 4.48. The van der Waals surface area contributed by atoms with Gasteiger partial charge < -0.3 is 10.8 Å². The van der Waals surface area contributed by atoms with Crippen LogP contribution in [0.1, 0.15) is 13.3 Å². The molecule has 0 radical (unpaired) electrons. The summed E-state index contributed by atoms with van der Waals surface area (Å²) in [5, 5.41) is 8.85. The Hall–Kier alpha value is -0.820. The molecule has 7 heteroatoms. The summed E-state index contributed by atoms with van der Waals surface area (Å²) in [5.41, 5.74) is 5.74. The number of sulfonamides is 1. The van der Waals surface area contributed by atoms with E-state index in [-0.39, 0.29) is 34.7 Å². The number of aliphatic hydroxyl groups is 1. The Bertz CT molecular complexity index is 485. The number of hydrogen-bond acceptors (Lipinski definition) is 4. The largest absolute Gasteiger partial charge is 0.398 e. The zero-order valence-electron chi connectivity index (χ0n) is 10.1. The summed E-state index contributed by atoms with van der Waals surface area (Å²) in [5.74, 6) is 0.0356. The summed E-state index contributed by atoms with van der Waals surface area (Å²) in [7, 11) is -3.72. The first-order valence-corrected chi connectivity index (χ1v) is 7.39. The van der Waals surface area contributed by atoms with Crippen LogP contribution in [-0.2, 0) is 10.0 Å². The second-order valence-corrected chi connectivity index (χ2v) is 6.24. The van der Waals surface area contributed by atoms with E-state index in [0.29, 0.717) is 6.42 Å². The van der Waals surface area contributed by atoms with Gasteiger partial charge in [0.25, 0.3) is 0 Å². The lowest BCUT2D eigenvalue weighted by molar-refractivity contribution is 0.263. The highest BCUT2D eigenvalue weighted by molar-refractivity contribution is 7.89. The lowest BCUT2D eigenvalue weighted by Crippen LogP contribution is -2.29. The molecular formula is C11H17ClN2O3S. The van der Waals surface area contributed by atoms with Gasteiger partial charge >= 0.3 is 0 Å². The van der Waals surface area contributed by atoms with Crippen molar-refractivity contribution in [2.75, 3.05) is 18.9 Å². The normalized spacial score (nSPS) is 13.5. The third kappa shape index (κ3) is 3.84. The van der Waals surface area contributed by atoms with E-state index in [2.05, 4.69) is 4.72 Å². The minimum absolute atomic E-state index is 0.0249. The van der Waals surface area contributed by atoms with Gasteiger partial charge in [-0.3, -0.25) is 0 Å². The van der Waals surface area contributed by atoms with Crippen LogP contribution in [0.15, 0.2) is 23.1 Å². The van der Waals surface area contributed by atoms with Crippen molar-refractivity contribution in [2.45, 2.75) is 18.2 Å². The predicted octanol–water partition coefficient (Wildman–Crippen LogP) is 1.22. The molecule has 1 rings (SSSR count). The molecule has 4 N–H and O–H groups in total. The van der Waals surface area contributed by atoms with E-state index in [1.165, 1.54) is 12.1 Å². The van der Waals surface area contributed by atoms with E-state index in [1.807, 2.05) is 6.92 Å². The van der Waals surface area contributed by atoms with Crippen LogP contribution in [0, 0.1) is 5.92 Å². The van der Waals surface area contributed by atoms with E-state index in [1.54, 1.807) is 6.07 Å². The highest BCUT2D eigenvalue weighted by atomic mass is 35.5. The fourth-order valence-corrected chi connectivity index (χ4v) is 3.29. The first-order valence-electron chi connectivity index (χ1n) is 5.53. The number of halogens is 1. The molecule has 18 heavy (non-hydrogen) atoms. The van der Waals surface area contributed by atoms with Crippen LogP contribution < -0.4 is 10.5 Å². The molecule has 0 amide bonds. The van der Waals surface area contributed by atoms with E-state index in [9.17, 15) is 8.42 Å². The maximum Gasteiger partial charge on any atom is 0.244 e. The molecule has 5 nitrogen and oxygen atoms in total. The third-order valence-electron chi connectivity index (χ3n) is 2.51. The van der Waals surface area contributed by atoms with Crippen molar-refractivity contribution in [3.05, 3.63) is 23.2 Å². The highest BCUT2D eigenvalue weighted by Gasteiger charge is 2.21. The smallest absolute Gasteiger partial charge is 0.244 e. The van der Waals surface area contributed by atoms with E-state index < -0.39 is 10.0 Å². The predicted molar refractivity (Wildman–Crippen MR) is 71.9 cm³/mol. The quantitative estimate of drug-likeness (QED) is 0.687. The molecule has 0 aliphatic carbocycles. The molecule has 1 aromatic carbocycles. The molecule has 102 valence electrons. The molecule has 0 saturated carbocycles. The van der Waals surface area contributed by atoms with Gasteiger partial charge in [-0.15, -0.1) is 0 Å². The molecule has 0 aliphatic heterocycles. The van der Waals surface area contributed by atoms with Gasteiger partial charge in [0.1, 0.15) is 4.90 Å². The monoisotopic (exact) mass is 292 g/mol. The van der Waals surface area contributed by atoms with Gasteiger partial charge in [-0.2, -0.15) is 0 Å². The topological polar surface area (TPSA) is 92.4 Å². The van der Waals surface area contributed by atoms with Gasteiger partial charge in [0.2, 0.25) is 10.0 Å². The van der Waals surface area contributed by atoms with Gasteiger partial charge in [0, 0.05) is 13.2 Å². The Morgan fingerprint density at radius 3 is 2.72 bits per heavy atom. The van der Waals surface area contributed by atoms with E-state index in [4.69, 9.17) is 22.4 Å². The van der Waals surface area contributed by atoms with Crippen molar-refractivity contribution < 1.29 is 13.5 Å². The second-order valence-electron chi connectivity index (χ2n) is 4.13. The molecule has 1 atom stereocenters. The van der Waals surface area contributed by atoms with Crippen LogP contribution in [0.25, 0.3) is 0 Å². The van der Waals surface area contributed by atoms with Gasteiger partial charge in [0.15, 0.2) is 0 Å². The van der Waals surface area contributed by atoms with Gasteiger partial charge in [-0.1, -0.05) is 24.6 Å². The summed E-state index contributed by atoms with van der Waals surface area (Å²) >= 11 is 5.85. The Morgan fingerprint density at radius 2 is 2.17 bits per heavy atom. The fourth-order valence-electron chi connectivity index (χ4n) is 1.46. The molecule has 0 aromatic heterocycles. The van der Waals surface area contributed by atoms with Crippen LogP contribution in [0.5, 0.6) is 0 Å². The zero-order chi connectivity index (χ0) is 13.8. The lowest BCUT2D eigenvalue weighted by atomic mass is 10.1. The van der Waals surface area contributed by atoms with Gasteiger partial charge in [0.05, 0.1) is 10.7 Å². The summed E-state index contributed by atoms with van der Waals surface area (Å²) < 4.78 is 26.5. The number of nitrogens with one attached hydrogen (secondary N) is 1. The van der Waals surface area contributed by atoms with Crippen LogP contribution in [0.3, 0.4) is 0 Å².